The van der Waals surface area contributed by atoms with Gasteiger partial charge in [-0.2, -0.15) is 0 Å². The predicted molar refractivity (Wildman–Crippen MR) is 141 cm³/mol. The van der Waals surface area contributed by atoms with Gasteiger partial charge in [-0.05, 0) is 31.0 Å². The molecule has 0 spiro atoms. The summed E-state index contributed by atoms with van der Waals surface area (Å²) in [5.74, 6) is -3.31. The second-order valence-corrected chi connectivity index (χ2v) is 9.21. The molecule has 5 atom stereocenters. The van der Waals surface area contributed by atoms with Gasteiger partial charge in [0, 0.05) is 29.9 Å². The molecule has 5 unspecified atom stereocenters. The van der Waals surface area contributed by atoms with Crippen molar-refractivity contribution in [3.63, 3.8) is 0 Å². The van der Waals surface area contributed by atoms with Crippen molar-refractivity contribution in [2.45, 2.75) is 57.0 Å². The van der Waals surface area contributed by atoms with E-state index in [4.69, 9.17) is 5.73 Å². The zero-order chi connectivity index (χ0) is 27.8. The van der Waals surface area contributed by atoms with Gasteiger partial charge in [-0.15, -0.1) is 0 Å². The van der Waals surface area contributed by atoms with Crippen molar-refractivity contribution in [1.29, 1.82) is 0 Å². The molecule has 8 N–H and O–H groups in total. The molecule has 0 bridgehead atoms. The summed E-state index contributed by atoms with van der Waals surface area (Å²) in [7, 11) is 0. The van der Waals surface area contributed by atoms with Gasteiger partial charge in [0.05, 0.1) is 6.10 Å². The average Bonchev–Trinajstić information content (AvgIpc) is 3.30. The van der Waals surface area contributed by atoms with Crippen LogP contribution in [0.5, 0.6) is 0 Å². The van der Waals surface area contributed by atoms with Crippen molar-refractivity contribution in [3.05, 3.63) is 71.9 Å². The summed E-state index contributed by atoms with van der Waals surface area (Å²) in [5, 5.41) is 27.5. The Balaban J connectivity index is 1.87. The Hall–Kier alpha value is -4.22. The topological polar surface area (TPSA) is 187 Å². The zero-order valence-electron chi connectivity index (χ0n) is 21.2. The van der Waals surface area contributed by atoms with Gasteiger partial charge in [0.25, 0.3) is 0 Å². The summed E-state index contributed by atoms with van der Waals surface area (Å²) in [6.07, 6.45) is 0.738. The Kier molecular flexibility index (Phi) is 9.58. The van der Waals surface area contributed by atoms with Gasteiger partial charge in [-0.3, -0.25) is 19.2 Å². The molecule has 3 aromatic rings. The van der Waals surface area contributed by atoms with Crippen molar-refractivity contribution in [2.75, 3.05) is 0 Å². The number of hydrogen-bond acceptors (Lipinski definition) is 6. The smallest absolute Gasteiger partial charge is 0.325 e. The van der Waals surface area contributed by atoms with Crippen molar-refractivity contribution >= 4 is 34.6 Å². The fourth-order valence-electron chi connectivity index (χ4n) is 3.92. The van der Waals surface area contributed by atoms with Crippen LogP contribution in [0.15, 0.2) is 60.8 Å². The highest BCUT2D eigenvalue weighted by atomic mass is 16.4. The molecular weight excluding hydrogens is 490 g/mol. The van der Waals surface area contributed by atoms with E-state index in [-0.39, 0.29) is 12.8 Å². The molecular formula is C27H33N5O6. The molecule has 0 aliphatic heterocycles. The number of rotatable bonds is 12. The highest BCUT2D eigenvalue weighted by molar-refractivity contribution is 5.95. The quantitative estimate of drug-likeness (QED) is 0.177. The van der Waals surface area contributed by atoms with Crippen LogP contribution in [0.4, 0.5) is 0 Å². The van der Waals surface area contributed by atoms with Crippen LogP contribution >= 0.6 is 0 Å². The maximum absolute atomic E-state index is 13.5. The number of aromatic nitrogens is 1. The van der Waals surface area contributed by atoms with E-state index in [2.05, 4.69) is 20.9 Å². The number of aromatic amines is 1. The number of para-hydroxylation sites is 1. The molecule has 0 radical (unpaired) electrons. The normalized spacial score (nSPS) is 15.1. The Labute approximate surface area is 219 Å². The molecule has 3 rings (SSSR count). The van der Waals surface area contributed by atoms with Gasteiger partial charge in [0.15, 0.2) is 0 Å². The van der Waals surface area contributed by atoms with Gasteiger partial charge in [-0.1, -0.05) is 48.5 Å². The second-order valence-electron chi connectivity index (χ2n) is 9.21. The highest BCUT2D eigenvalue weighted by Crippen LogP contribution is 2.19. The number of nitrogens with two attached hydrogens (primary N) is 1. The number of amides is 3. The summed E-state index contributed by atoms with van der Waals surface area (Å²) in [6, 6.07) is 11.7. The molecule has 0 aliphatic rings. The number of aliphatic hydroxyl groups excluding tert-OH is 1. The molecule has 0 fully saturated rings. The van der Waals surface area contributed by atoms with E-state index in [1.54, 1.807) is 30.5 Å². The van der Waals surface area contributed by atoms with Gasteiger partial charge >= 0.3 is 5.97 Å². The van der Waals surface area contributed by atoms with Crippen LogP contribution in [0.1, 0.15) is 25.0 Å². The molecule has 11 nitrogen and oxygen atoms in total. The van der Waals surface area contributed by atoms with E-state index in [0.717, 1.165) is 22.0 Å². The predicted octanol–water partition coefficient (Wildman–Crippen LogP) is 0.220. The van der Waals surface area contributed by atoms with Crippen LogP contribution in [0.2, 0.25) is 0 Å². The molecule has 202 valence electrons. The summed E-state index contributed by atoms with van der Waals surface area (Å²) < 4.78 is 0. The Bertz CT molecular complexity index is 1280. The molecule has 1 heterocycles. The molecule has 0 saturated heterocycles. The summed E-state index contributed by atoms with van der Waals surface area (Å²) in [4.78, 5) is 53.6. The Morgan fingerprint density at radius 2 is 1.42 bits per heavy atom. The number of carboxylic acids is 1. The van der Waals surface area contributed by atoms with Crippen LogP contribution in [0, 0.1) is 0 Å². The molecule has 3 amide bonds. The number of carboxylic acid groups (broad SMARTS) is 1. The van der Waals surface area contributed by atoms with Crippen molar-refractivity contribution in [2.24, 2.45) is 5.73 Å². The minimum atomic E-state index is -1.26. The van der Waals surface area contributed by atoms with E-state index >= 15 is 0 Å². The first kappa shape index (κ1) is 28.4. The van der Waals surface area contributed by atoms with Crippen LogP contribution < -0.4 is 21.7 Å². The lowest BCUT2D eigenvalue weighted by Crippen LogP contribution is -2.58. The van der Waals surface area contributed by atoms with Crippen LogP contribution in [0.3, 0.4) is 0 Å². The summed E-state index contributed by atoms with van der Waals surface area (Å²) in [5.41, 5.74) is 8.09. The van der Waals surface area contributed by atoms with Crippen molar-refractivity contribution in [3.8, 4) is 0 Å². The molecule has 0 aliphatic carbocycles. The van der Waals surface area contributed by atoms with Gasteiger partial charge in [-0.25, -0.2) is 0 Å². The standard InChI is InChI=1S/C27H33N5O6/c1-15(27(37)38)30-24(34)22(13-18-14-29-20-11-7-6-10-19(18)20)31-25(35)21(12-17-8-4-3-5-9-17)32-26(36)23(28)16(2)33/h3-11,14-16,21-23,29,33H,12-13,28H2,1-2H3,(H,30,34)(H,31,35)(H,32,36)(H,37,38). The fourth-order valence-corrected chi connectivity index (χ4v) is 3.92. The maximum Gasteiger partial charge on any atom is 0.325 e. The third-order valence-electron chi connectivity index (χ3n) is 6.20. The van der Waals surface area contributed by atoms with Crippen LogP contribution in [-0.4, -0.2) is 69.2 Å². The number of fused-ring (bicyclic) bond motifs is 1. The zero-order valence-corrected chi connectivity index (χ0v) is 21.2. The van der Waals surface area contributed by atoms with Crippen molar-refractivity contribution in [1.82, 2.24) is 20.9 Å². The fraction of sp³-hybridized carbons (Fsp3) is 0.333. The number of aliphatic hydroxyl groups is 1. The number of carbonyl (C=O) groups is 4. The number of hydrogen-bond donors (Lipinski definition) is 7. The molecule has 2 aromatic carbocycles. The van der Waals surface area contributed by atoms with E-state index in [0.29, 0.717) is 0 Å². The first-order valence-electron chi connectivity index (χ1n) is 12.2. The third kappa shape index (κ3) is 7.40. The van der Waals surface area contributed by atoms with Crippen molar-refractivity contribution < 1.29 is 29.4 Å². The Morgan fingerprint density at radius 1 is 0.842 bits per heavy atom. The average molecular weight is 524 g/mol. The minimum absolute atomic E-state index is 0.0626. The van der Waals surface area contributed by atoms with E-state index in [1.807, 2.05) is 30.3 Å². The van der Waals surface area contributed by atoms with Gasteiger partial charge in [0.1, 0.15) is 24.2 Å². The summed E-state index contributed by atoms with van der Waals surface area (Å²) in [6.45, 7) is 2.68. The lowest BCUT2D eigenvalue weighted by molar-refractivity contribution is -0.141. The first-order chi connectivity index (χ1) is 18.1. The number of benzene rings is 2. The van der Waals surface area contributed by atoms with E-state index < -0.39 is 54.0 Å². The summed E-state index contributed by atoms with van der Waals surface area (Å²) >= 11 is 0. The number of carbonyl (C=O) groups excluding carboxylic acids is 3. The first-order valence-corrected chi connectivity index (χ1v) is 12.2. The SMILES string of the molecule is CC(NC(=O)C(Cc1c[nH]c2ccccc12)NC(=O)C(Cc1ccccc1)NC(=O)C(N)C(C)O)C(=O)O. The molecule has 38 heavy (non-hydrogen) atoms. The number of aliphatic carboxylic acids is 1. The maximum atomic E-state index is 13.5. The second kappa shape index (κ2) is 12.8. The Morgan fingerprint density at radius 3 is 2.08 bits per heavy atom. The molecule has 11 heteroatoms. The number of H-pyrrole nitrogens is 1. The molecule has 0 saturated carbocycles. The van der Waals surface area contributed by atoms with E-state index in [1.165, 1.54) is 13.8 Å². The van der Waals surface area contributed by atoms with E-state index in [9.17, 15) is 29.4 Å². The lowest BCUT2D eigenvalue weighted by atomic mass is 10.0. The molecule has 1 aromatic heterocycles. The van der Waals surface area contributed by atoms with Gasteiger partial charge in [0.2, 0.25) is 17.7 Å². The van der Waals surface area contributed by atoms with Gasteiger partial charge < -0.3 is 36.9 Å². The highest BCUT2D eigenvalue weighted by Gasteiger charge is 2.31. The number of nitrogens with one attached hydrogen (secondary N) is 4. The van der Waals surface area contributed by atoms with Crippen LogP contribution in [-0.2, 0) is 32.0 Å². The minimum Gasteiger partial charge on any atom is -0.480 e. The lowest BCUT2D eigenvalue weighted by Gasteiger charge is -2.25. The monoisotopic (exact) mass is 523 g/mol. The third-order valence-corrected chi connectivity index (χ3v) is 6.20. The van der Waals surface area contributed by atoms with Crippen LogP contribution in [0.25, 0.3) is 10.9 Å². The largest absolute Gasteiger partial charge is 0.480 e.